The minimum Gasteiger partial charge on any atom is -0.354 e. The minimum absolute atomic E-state index is 0.0863. The zero-order chi connectivity index (χ0) is 20.4. The number of carbonyl (C=O) groups excluding carboxylic acids is 1. The van der Waals surface area contributed by atoms with Gasteiger partial charge >= 0.3 is 0 Å². The van der Waals surface area contributed by atoms with Gasteiger partial charge in [0, 0.05) is 33.8 Å². The highest BCUT2D eigenvalue weighted by atomic mass is 35.5. The standard InChI is InChI=1S/C24H24ClN3O/c1-15(2)26-23(29)9-5-7-18-19-14-17(25)11-13-21(19)28-24(18)22-12-10-16-6-3-4-8-20(16)27-22/h3-4,6,8,10-15,28H,5,7,9H2,1-2H3,(H,26,29). The fourth-order valence-corrected chi connectivity index (χ4v) is 3.90. The summed E-state index contributed by atoms with van der Waals surface area (Å²) in [6.07, 6.45) is 2.03. The summed E-state index contributed by atoms with van der Waals surface area (Å²) in [4.78, 5) is 20.4. The molecular weight excluding hydrogens is 382 g/mol. The molecule has 0 saturated heterocycles. The van der Waals surface area contributed by atoms with Gasteiger partial charge in [-0.1, -0.05) is 35.9 Å². The second-order valence-corrected chi connectivity index (χ2v) is 8.07. The van der Waals surface area contributed by atoms with E-state index in [-0.39, 0.29) is 11.9 Å². The number of carbonyl (C=O) groups is 1. The van der Waals surface area contributed by atoms with E-state index in [0.717, 1.165) is 51.6 Å². The largest absolute Gasteiger partial charge is 0.354 e. The topological polar surface area (TPSA) is 57.8 Å². The van der Waals surface area contributed by atoms with Crippen LogP contribution in [0.2, 0.25) is 5.02 Å². The van der Waals surface area contributed by atoms with Crippen molar-refractivity contribution in [1.29, 1.82) is 0 Å². The number of benzene rings is 2. The zero-order valence-corrected chi connectivity index (χ0v) is 17.4. The maximum atomic E-state index is 12.0. The molecule has 0 radical (unpaired) electrons. The number of aryl methyl sites for hydroxylation is 1. The van der Waals surface area contributed by atoms with Crippen molar-refractivity contribution in [2.75, 3.05) is 0 Å². The summed E-state index contributed by atoms with van der Waals surface area (Å²) in [6, 6.07) is 18.3. The molecule has 148 valence electrons. The van der Waals surface area contributed by atoms with E-state index >= 15 is 0 Å². The molecular formula is C24H24ClN3O. The maximum absolute atomic E-state index is 12.0. The number of aromatic amines is 1. The second kappa shape index (κ2) is 8.26. The van der Waals surface area contributed by atoms with Gasteiger partial charge in [0.2, 0.25) is 5.91 Å². The number of amides is 1. The number of rotatable bonds is 6. The molecule has 0 fully saturated rings. The first-order chi connectivity index (χ1) is 14.0. The van der Waals surface area contributed by atoms with Gasteiger partial charge < -0.3 is 10.3 Å². The quantitative estimate of drug-likeness (QED) is 0.420. The number of nitrogens with zero attached hydrogens (tertiary/aromatic N) is 1. The number of aromatic nitrogens is 2. The van der Waals surface area contributed by atoms with Crippen LogP contribution in [0.4, 0.5) is 0 Å². The fraction of sp³-hybridized carbons (Fsp3) is 0.250. The first-order valence-electron chi connectivity index (χ1n) is 9.97. The third kappa shape index (κ3) is 4.28. The van der Waals surface area contributed by atoms with E-state index in [1.807, 2.05) is 56.3 Å². The van der Waals surface area contributed by atoms with E-state index in [2.05, 4.69) is 22.4 Å². The van der Waals surface area contributed by atoms with Gasteiger partial charge in [-0.2, -0.15) is 0 Å². The first kappa shape index (κ1) is 19.5. The van der Waals surface area contributed by atoms with E-state index in [1.165, 1.54) is 0 Å². The molecule has 5 heteroatoms. The van der Waals surface area contributed by atoms with E-state index < -0.39 is 0 Å². The van der Waals surface area contributed by atoms with Crippen molar-refractivity contribution in [2.45, 2.75) is 39.2 Å². The molecule has 2 aromatic carbocycles. The Kier molecular flexibility index (Phi) is 5.54. The summed E-state index contributed by atoms with van der Waals surface area (Å²) in [5.74, 6) is 0.0863. The minimum atomic E-state index is 0.0863. The summed E-state index contributed by atoms with van der Waals surface area (Å²) in [6.45, 7) is 3.95. The molecule has 0 aliphatic carbocycles. The summed E-state index contributed by atoms with van der Waals surface area (Å²) in [7, 11) is 0. The van der Waals surface area contributed by atoms with Gasteiger partial charge in [0.15, 0.2) is 0 Å². The summed E-state index contributed by atoms with van der Waals surface area (Å²) in [5.41, 5.74) is 5.04. The zero-order valence-electron chi connectivity index (χ0n) is 16.6. The highest BCUT2D eigenvalue weighted by Gasteiger charge is 2.16. The molecule has 2 heterocycles. The van der Waals surface area contributed by atoms with Crippen LogP contribution in [0.1, 0.15) is 32.3 Å². The van der Waals surface area contributed by atoms with Crippen molar-refractivity contribution in [3.63, 3.8) is 0 Å². The smallest absolute Gasteiger partial charge is 0.220 e. The van der Waals surface area contributed by atoms with Crippen LogP contribution in [0, 0.1) is 0 Å². The van der Waals surface area contributed by atoms with E-state index in [0.29, 0.717) is 11.4 Å². The molecule has 1 amide bonds. The van der Waals surface area contributed by atoms with Crippen molar-refractivity contribution >= 4 is 39.3 Å². The summed E-state index contributed by atoms with van der Waals surface area (Å²) < 4.78 is 0. The number of H-pyrrole nitrogens is 1. The van der Waals surface area contributed by atoms with Crippen LogP contribution in [0.25, 0.3) is 33.2 Å². The summed E-state index contributed by atoms with van der Waals surface area (Å²) >= 11 is 6.27. The van der Waals surface area contributed by atoms with Crippen LogP contribution in [0.5, 0.6) is 0 Å². The monoisotopic (exact) mass is 405 g/mol. The van der Waals surface area contributed by atoms with Crippen LogP contribution in [-0.2, 0) is 11.2 Å². The number of pyridine rings is 1. The molecule has 2 N–H and O–H groups in total. The molecule has 4 nitrogen and oxygen atoms in total. The van der Waals surface area contributed by atoms with Crippen molar-refractivity contribution in [3.8, 4) is 11.4 Å². The van der Waals surface area contributed by atoms with Gasteiger partial charge in [-0.15, -0.1) is 0 Å². The van der Waals surface area contributed by atoms with E-state index in [9.17, 15) is 4.79 Å². The number of nitrogens with one attached hydrogen (secondary N) is 2. The molecule has 29 heavy (non-hydrogen) atoms. The molecule has 0 atom stereocenters. The van der Waals surface area contributed by atoms with Crippen LogP contribution in [-0.4, -0.2) is 21.9 Å². The normalized spacial score (nSPS) is 11.4. The van der Waals surface area contributed by atoms with E-state index in [1.54, 1.807) is 0 Å². The number of fused-ring (bicyclic) bond motifs is 2. The molecule has 4 aromatic rings. The van der Waals surface area contributed by atoms with Crippen molar-refractivity contribution in [2.24, 2.45) is 0 Å². The fourth-order valence-electron chi connectivity index (χ4n) is 3.72. The van der Waals surface area contributed by atoms with Gasteiger partial charge in [0.25, 0.3) is 0 Å². The number of hydrogen-bond acceptors (Lipinski definition) is 2. The molecule has 0 aliphatic rings. The lowest BCUT2D eigenvalue weighted by atomic mass is 10.0. The molecule has 0 bridgehead atoms. The Morgan fingerprint density at radius 1 is 1.14 bits per heavy atom. The maximum Gasteiger partial charge on any atom is 0.220 e. The Hall–Kier alpha value is -2.85. The molecule has 0 unspecified atom stereocenters. The van der Waals surface area contributed by atoms with Crippen molar-refractivity contribution in [1.82, 2.24) is 15.3 Å². The van der Waals surface area contributed by atoms with Crippen LogP contribution in [0.3, 0.4) is 0 Å². The van der Waals surface area contributed by atoms with E-state index in [4.69, 9.17) is 16.6 Å². The number of hydrogen-bond donors (Lipinski definition) is 2. The van der Waals surface area contributed by atoms with Crippen LogP contribution in [0.15, 0.2) is 54.6 Å². The lowest BCUT2D eigenvalue weighted by molar-refractivity contribution is -0.121. The molecule has 4 rings (SSSR count). The lowest BCUT2D eigenvalue weighted by Crippen LogP contribution is -2.29. The van der Waals surface area contributed by atoms with Crippen molar-refractivity contribution in [3.05, 3.63) is 65.2 Å². The highest BCUT2D eigenvalue weighted by molar-refractivity contribution is 6.31. The molecule has 0 spiro atoms. The highest BCUT2D eigenvalue weighted by Crippen LogP contribution is 2.33. The Balaban J connectivity index is 1.70. The average Bonchev–Trinajstić information content (AvgIpc) is 3.05. The summed E-state index contributed by atoms with van der Waals surface area (Å²) in [5, 5.41) is 5.86. The Bertz CT molecular complexity index is 1180. The first-order valence-corrected chi connectivity index (χ1v) is 10.3. The lowest BCUT2D eigenvalue weighted by Gasteiger charge is -2.09. The predicted molar refractivity (Wildman–Crippen MR) is 120 cm³/mol. The van der Waals surface area contributed by atoms with Gasteiger partial charge in [-0.25, -0.2) is 4.98 Å². The van der Waals surface area contributed by atoms with Gasteiger partial charge in [0.1, 0.15) is 0 Å². The van der Waals surface area contributed by atoms with Crippen LogP contribution >= 0.6 is 11.6 Å². The Morgan fingerprint density at radius 3 is 2.79 bits per heavy atom. The van der Waals surface area contributed by atoms with Gasteiger partial charge in [-0.3, -0.25) is 4.79 Å². The molecule has 0 aliphatic heterocycles. The van der Waals surface area contributed by atoms with Crippen LogP contribution < -0.4 is 5.32 Å². The van der Waals surface area contributed by atoms with Gasteiger partial charge in [-0.05, 0) is 62.6 Å². The Labute approximate surface area is 175 Å². The molecule has 0 saturated carbocycles. The second-order valence-electron chi connectivity index (χ2n) is 7.63. The van der Waals surface area contributed by atoms with Crippen molar-refractivity contribution < 1.29 is 4.79 Å². The SMILES string of the molecule is CC(C)NC(=O)CCCc1c(-c2ccc3ccccc3n2)[nH]c2ccc(Cl)cc12. The van der Waals surface area contributed by atoms with Gasteiger partial charge in [0.05, 0.1) is 16.9 Å². The number of halogens is 1. The third-order valence-corrected chi connectivity index (χ3v) is 5.24. The number of para-hydroxylation sites is 1. The molecule has 2 aromatic heterocycles. The predicted octanol–water partition coefficient (Wildman–Crippen LogP) is 5.88. The Morgan fingerprint density at radius 2 is 1.97 bits per heavy atom. The third-order valence-electron chi connectivity index (χ3n) is 5.00. The average molecular weight is 406 g/mol.